The number of aryl methyl sites for hydroxylation is 2. The van der Waals surface area contributed by atoms with Gasteiger partial charge in [-0.3, -0.25) is 25.2 Å². The van der Waals surface area contributed by atoms with Gasteiger partial charge in [0.25, 0.3) is 5.91 Å². The van der Waals surface area contributed by atoms with Crippen LogP contribution in [-0.2, 0) is 9.59 Å². The predicted molar refractivity (Wildman–Crippen MR) is 120 cm³/mol. The Balaban J connectivity index is 1.46. The summed E-state index contributed by atoms with van der Waals surface area (Å²) in [6.45, 7) is 5.38. The lowest BCUT2D eigenvalue weighted by Crippen LogP contribution is -2.47. The van der Waals surface area contributed by atoms with Gasteiger partial charge < -0.3 is 4.74 Å². The molecule has 0 aliphatic rings. The molecule has 0 spiro atoms. The summed E-state index contributed by atoms with van der Waals surface area (Å²) < 4.78 is 5.68. The second-order valence-corrected chi connectivity index (χ2v) is 7.55. The zero-order valence-electron chi connectivity index (χ0n) is 17.9. The van der Waals surface area contributed by atoms with Gasteiger partial charge in [-0.25, -0.2) is 0 Å². The van der Waals surface area contributed by atoms with Crippen LogP contribution in [0.3, 0.4) is 0 Å². The molecule has 0 saturated heterocycles. The van der Waals surface area contributed by atoms with Crippen molar-refractivity contribution in [2.24, 2.45) is 0 Å². The lowest BCUT2D eigenvalue weighted by Gasteiger charge is -2.15. The van der Waals surface area contributed by atoms with Gasteiger partial charge in [0.05, 0.1) is 0 Å². The number of rotatable bonds is 7. The van der Waals surface area contributed by atoms with Crippen LogP contribution in [-0.4, -0.2) is 23.7 Å². The van der Waals surface area contributed by atoms with Crippen molar-refractivity contribution < 1.29 is 19.1 Å². The lowest BCUT2D eigenvalue weighted by molar-refractivity contribution is -0.132. The van der Waals surface area contributed by atoms with Gasteiger partial charge in [0.2, 0.25) is 5.91 Å². The highest BCUT2D eigenvalue weighted by molar-refractivity contribution is 5.99. The molecular formula is C25H26N2O4. The number of carbonyl (C=O) groups is 3. The van der Waals surface area contributed by atoms with Crippen LogP contribution >= 0.6 is 0 Å². The first-order chi connectivity index (χ1) is 14.8. The maximum atomic E-state index is 12.4. The summed E-state index contributed by atoms with van der Waals surface area (Å²) in [5.74, 6) is -0.463. The number of nitrogens with one attached hydrogen (secondary N) is 2. The van der Waals surface area contributed by atoms with E-state index in [9.17, 15) is 14.4 Å². The number of amides is 2. The van der Waals surface area contributed by atoms with E-state index < -0.39 is 17.9 Å². The molecular weight excluding hydrogens is 392 g/mol. The van der Waals surface area contributed by atoms with Crippen molar-refractivity contribution >= 4 is 28.4 Å². The third-order valence-electron chi connectivity index (χ3n) is 5.00. The van der Waals surface area contributed by atoms with Gasteiger partial charge in [-0.15, -0.1) is 0 Å². The van der Waals surface area contributed by atoms with Crippen LogP contribution in [0.4, 0.5) is 0 Å². The summed E-state index contributed by atoms with van der Waals surface area (Å²) in [7, 11) is 0. The Kier molecular flexibility index (Phi) is 7.03. The number of ketones is 1. The Morgan fingerprint density at radius 2 is 1.61 bits per heavy atom. The van der Waals surface area contributed by atoms with E-state index in [0.29, 0.717) is 11.3 Å². The largest absolute Gasteiger partial charge is 0.481 e. The number of ether oxygens (including phenoxy) is 1. The number of fused-ring (bicyclic) bond motifs is 1. The maximum absolute atomic E-state index is 12.4. The van der Waals surface area contributed by atoms with Gasteiger partial charge in [0.1, 0.15) is 5.75 Å². The third kappa shape index (κ3) is 5.92. The summed E-state index contributed by atoms with van der Waals surface area (Å²) in [6.07, 6.45) is -0.764. The highest BCUT2D eigenvalue weighted by Gasteiger charge is 2.17. The van der Waals surface area contributed by atoms with E-state index in [1.165, 1.54) is 0 Å². The molecule has 3 aromatic rings. The average molecular weight is 418 g/mol. The zero-order chi connectivity index (χ0) is 22.4. The standard InChI is InChI=1S/C25H26N2O4/c1-16-8-9-17(2)22(14-16)23(28)12-13-24(29)26-27-25(30)18(3)31-21-11-10-19-6-4-5-7-20(19)15-21/h4-11,14-15,18H,12-13H2,1-3H3,(H,26,29)(H,27,30). The Morgan fingerprint density at radius 3 is 2.39 bits per heavy atom. The monoisotopic (exact) mass is 418 g/mol. The average Bonchev–Trinajstić information content (AvgIpc) is 2.77. The van der Waals surface area contributed by atoms with E-state index in [4.69, 9.17) is 4.74 Å². The van der Waals surface area contributed by atoms with Gasteiger partial charge in [-0.1, -0.05) is 48.0 Å². The number of Topliss-reactive ketones (excluding diaryl/α,β-unsaturated/α-hetero) is 1. The number of carbonyl (C=O) groups excluding carboxylic acids is 3. The molecule has 0 aromatic heterocycles. The van der Waals surface area contributed by atoms with Crippen molar-refractivity contribution in [1.29, 1.82) is 0 Å². The third-order valence-corrected chi connectivity index (χ3v) is 5.00. The van der Waals surface area contributed by atoms with Crippen molar-refractivity contribution in [2.75, 3.05) is 0 Å². The van der Waals surface area contributed by atoms with Gasteiger partial charge >= 0.3 is 0 Å². The number of hydrogen-bond donors (Lipinski definition) is 2. The normalized spacial score (nSPS) is 11.6. The molecule has 2 amide bonds. The second kappa shape index (κ2) is 9.89. The van der Waals surface area contributed by atoms with Gasteiger partial charge in [0, 0.05) is 18.4 Å². The Morgan fingerprint density at radius 1 is 0.871 bits per heavy atom. The first kappa shape index (κ1) is 22.0. The van der Waals surface area contributed by atoms with Crippen molar-refractivity contribution in [1.82, 2.24) is 10.9 Å². The smallest absolute Gasteiger partial charge is 0.279 e. The minimum Gasteiger partial charge on any atom is -0.481 e. The van der Waals surface area contributed by atoms with E-state index in [1.54, 1.807) is 13.0 Å². The lowest BCUT2D eigenvalue weighted by atomic mass is 9.99. The highest BCUT2D eigenvalue weighted by atomic mass is 16.5. The topological polar surface area (TPSA) is 84.5 Å². The molecule has 0 fully saturated rings. The Bertz CT molecular complexity index is 1120. The van der Waals surface area contributed by atoms with E-state index >= 15 is 0 Å². The fraction of sp³-hybridized carbons (Fsp3) is 0.240. The number of benzene rings is 3. The zero-order valence-corrected chi connectivity index (χ0v) is 17.9. The minimum absolute atomic E-state index is 0.0214. The first-order valence-electron chi connectivity index (χ1n) is 10.2. The molecule has 0 heterocycles. The van der Waals surface area contributed by atoms with Crippen molar-refractivity contribution in [3.8, 4) is 5.75 Å². The Labute approximate surface area is 181 Å². The molecule has 6 nitrogen and oxygen atoms in total. The highest BCUT2D eigenvalue weighted by Crippen LogP contribution is 2.21. The van der Waals surface area contributed by atoms with E-state index in [-0.39, 0.29) is 18.6 Å². The Hall–Kier alpha value is -3.67. The van der Waals surface area contributed by atoms with Gasteiger partial charge in [0.15, 0.2) is 11.9 Å². The molecule has 0 radical (unpaired) electrons. The van der Waals surface area contributed by atoms with Crippen LogP contribution < -0.4 is 15.6 Å². The van der Waals surface area contributed by atoms with E-state index in [2.05, 4.69) is 10.9 Å². The molecule has 3 rings (SSSR count). The van der Waals surface area contributed by atoms with E-state index in [1.807, 2.05) is 68.4 Å². The molecule has 0 aliphatic heterocycles. The summed E-state index contributed by atoms with van der Waals surface area (Å²) in [4.78, 5) is 36.7. The molecule has 0 saturated carbocycles. The van der Waals surface area contributed by atoms with E-state index in [0.717, 1.165) is 21.9 Å². The number of hydrazine groups is 1. The quantitative estimate of drug-likeness (QED) is 0.448. The summed E-state index contributed by atoms with van der Waals surface area (Å²) >= 11 is 0. The molecule has 1 unspecified atom stereocenters. The van der Waals surface area contributed by atoms with Crippen molar-refractivity contribution in [3.63, 3.8) is 0 Å². The van der Waals surface area contributed by atoms with Crippen LogP contribution in [0, 0.1) is 13.8 Å². The molecule has 0 aliphatic carbocycles. The first-order valence-corrected chi connectivity index (χ1v) is 10.2. The molecule has 160 valence electrons. The van der Waals surface area contributed by atoms with Crippen LogP contribution in [0.25, 0.3) is 10.8 Å². The maximum Gasteiger partial charge on any atom is 0.279 e. The van der Waals surface area contributed by atoms with Crippen LogP contribution in [0.2, 0.25) is 0 Å². The van der Waals surface area contributed by atoms with Crippen molar-refractivity contribution in [3.05, 3.63) is 77.4 Å². The summed E-state index contributed by atoms with van der Waals surface area (Å²) in [5, 5.41) is 2.09. The minimum atomic E-state index is -0.807. The van der Waals surface area contributed by atoms with Crippen molar-refractivity contribution in [2.45, 2.75) is 39.7 Å². The van der Waals surface area contributed by atoms with Crippen LogP contribution in [0.1, 0.15) is 41.3 Å². The van der Waals surface area contributed by atoms with Crippen LogP contribution in [0.5, 0.6) is 5.75 Å². The van der Waals surface area contributed by atoms with Gasteiger partial charge in [-0.05, 0) is 55.3 Å². The molecule has 2 N–H and O–H groups in total. The molecule has 6 heteroatoms. The number of hydrogen-bond acceptors (Lipinski definition) is 4. The molecule has 3 aromatic carbocycles. The molecule has 0 bridgehead atoms. The second-order valence-electron chi connectivity index (χ2n) is 7.55. The summed E-state index contributed by atoms with van der Waals surface area (Å²) in [5.41, 5.74) is 7.18. The molecule has 1 atom stereocenters. The fourth-order valence-electron chi connectivity index (χ4n) is 3.19. The van der Waals surface area contributed by atoms with Gasteiger partial charge in [-0.2, -0.15) is 0 Å². The summed E-state index contributed by atoms with van der Waals surface area (Å²) in [6, 6.07) is 19.1. The predicted octanol–water partition coefficient (Wildman–Crippen LogP) is 4.03. The molecule has 31 heavy (non-hydrogen) atoms. The van der Waals surface area contributed by atoms with Crippen LogP contribution in [0.15, 0.2) is 60.7 Å². The fourth-order valence-corrected chi connectivity index (χ4v) is 3.19. The SMILES string of the molecule is Cc1ccc(C)c(C(=O)CCC(=O)NNC(=O)C(C)Oc2ccc3ccccc3c2)c1.